The number of nitrogen functional groups attached to an aromatic ring is 1. The fraction of sp³-hybridized carbons (Fsp3) is 0.667. The van der Waals surface area contributed by atoms with Crippen LogP contribution in [0.15, 0.2) is 51.1 Å². The van der Waals surface area contributed by atoms with Crippen LogP contribution in [0.25, 0.3) is 0 Å². The summed E-state index contributed by atoms with van der Waals surface area (Å²) >= 11 is -1.75. The van der Waals surface area contributed by atoms with Gasteiger partial charge >= 0.3 is 26.5 Å². The average Bonchev–Trinajstić information content (AvgIpc) is 3.03. The van der Waals surface area contributed by atoms with Crippen LogP contribution in [0.1, 0.15) is 153 Å². The molecule has 0 heterocycles. The minimum atomic E-state index is -4.51. The van der Waals surface area contributed by atoms with E-state index in [9.17, 15) is 21.4 Å². The Kier molecular flexibility index (Phi) is 23.7. The Balaban J connectivity index is 0.00000354. The number of hydrogen-bond donors (Lipinski definition) is 3. The van der Waals surface area contributed by atoms with Crippen LogP contribution in [0.2, 0.25) is 0 Å². The number of hydrogen-bond acceptors (Lipinski definition) is 6. The molecule has 2 rings (SSSR count). The van der Waals surface area contributed by atoms with E-state index in [-0.39, 0.29) is 14.7 Å². The third-order valence-electron chi connectivity index (χ3n) is 8.66. The van der Waals surface area contributed by atoms with Gasteiger partial charge in [0, 0.05) is 5.69 Å². The van der Waals surface area contributed by atoms with Gasteiger partial charge in [-0.15, -0.1) is 0 Å². The topological polar surface area (TPSA) is 152 Å². The standard InChI is InChI=1S/C36H59NO5S2.H2O.O.Ti/c1-3-5-7-9-11-13-15-17-19-21-23-33-34(24-22-20-18-16-14-12-10-8-6-4-2)36(44(40,41)42)30-29-35(33)43(38,39)32-27-25-31(37)26-28-32;;;/h25-30H,3-24,37H2,1-2H3,(H,40,41,42);1H2;;/q;;;+1/p-1. The van der Waals surface area contributed by atoms with Crippen LogP contribution in [-0.2, 0) is 55.6 Å². The van der Waals surface area contributed by atoms with Gasteiger partial charge in [0.1, 0.15) is 0 Å². The van der Waals surface area contributed by atoms with Gasteiger partial charge in [-0.2, -0.15) is 8.42 Å². The Bertz CT molecular complexity index is 1350. The first-order valence-corrected chi connectivity index (χ1v) is 22.0. The van der Waals surface area contributed by atoms with Crippen molar-refractivity contribution in [2.75, 3.05) is 5.73 Å². The number of unbranched alkanes of at least 4 members (excludes halogenated alkanes) is 18. The van der Waals surface area contributed by atoms with Gasteiger partial charge in [0.2, 0.25) is 9.84 Å². The van der Waals surface area contributed by atoms with Crippen LogP contribution in [0.3, 0.4) is 0 Å². The number of nitrogens with two attached hydrogens (primary N) is 1. The molecule has 0 atom stereocenters. The van der Waals surface area contributed by atoms with Gasteiger partial charge < -0.3 is 5.73 Å². The van der Waals surface area contributed by atoms with E-state index in [0.29, 0.717) is 29.7 Å². The van der Waals surface area contributed by atoms with Gasteiger partial charge in [-0.05, 0) is 73.2 Å². The number of sulfone groups is 1. The van der Waals surface area contributed by atoms with Crippen LogP contribution >= 0.6 is 0 Å². The van der Waals surface area contributed by atoms with Crippen LogP contribution in [0.4, 0.5) is 5.69 Å². The predicted octanol–water partition coefficient (Wildman–Crippen LogP) is 9.60. The predicted molar refractivity (Wildman–Crippen MR) is 187 cm³/mol. The molecule has 0 aliphatic carbocycles. The molecule has 0 radical (unpaired) electrons. The van der Waals surface area contributed by atoms with Crippen molar-refractivity contribution in [2.45, 2.75) is 170 Å². The van der Waals surface area contributed by atoms with Gasteiger partial charge in [-0.1, -0.05) is 129 Å². The first-order chi connectivity index (χ1) is 22.5. The van der Waals surface area contributed by atoms with E-state index in [4.69, 9.17) is 12.7 Å². The Morgan fingerprint density at radius 1 is 0.553 bits per heavy atom. The molecule has 0 amide bonds. The van der Waals surface area contributed by atoms with Crippen molar-refractivity contribution in [1.29, 1.82) is 0 Å². The molecule has 0 aliphatic heterocycles. The van der Waals surface area contributed by atoms with E-state index in [0.717, 1.165) is 51.4 Å². The second kappa shape index (κ2) is 25.5. The molecular formula is C36H60NO7S2Ti. The van der Waals surface area contributed by atoms with E-state index in [1.807, 2.05) is 0 Å². The molecule has 267 valence electrons. The van der Waals surface area contributed by atoms with Crippen molar-refractivity contribution in [3.63, 3.8) is 0 Å². The molecule has 2 aromatic rings. The third kappa shape index (κ3) is 17.7. The quantitative estimate of drug-likeness (QED) is 0.0395. The SMILES string of the molecule is CCCCCCCCCCCCc1c(S(=O)(=O)O)ccc(S(=O)(=O)c2ccc(N)cc2)c1CCCCCCCCCCCC.[O]=[Ti][OH]. The summed E-state index contributed by atoms with van der Waals surface area (Å²) in [5, 5.41) is 0. The second-order valence-electron chi connectivity index (χ2n) is 12.5. The molecule has 0 aliphatic rings. The Morgan fingerprint density at radius 3 is 1.23 bits per heavy atom. The molecule has 0 aromatic heterocycles. The first kappa shape index (κ1) is 43.6. The van der Waals surface area contributed by atoms with E-state index in [1.54, 1.807) is 12.1 Å². The molecule has 0 unspecified atom stereocenters. The van der Waals surface area contributed by atoms with Crippen molar-refractivity contribution in [2.24, 2.45) is 0 Å². The monoisotopic (exact) mass is 730 g/mol. The van der Waals surface area contributed by atoms with E-state index in [2.05, 4.69) is 13.8 Å². The summed E-state index contributed by atoms with van der Waals surface area (Å²) in [5.74, 6) is 0. The Labute approximate surface area is 295 Å². The third-order valence-corrected chi connectivity index (χ3v) is 11.5. The summed E-state index contributed by atoms with van der Waals surface area (Å²) < 4.78 is 78.6. The molecule has 2 aromatic carbocycles. The second-order valence-corrected chi connectivity index (χ2v) is 16.1. The van der Waals surface area contributed by atoms with Gasteiger partial charge in [-0.3, -0.25) is 4.55 Å². The summed E-state index contributed by atoms with van der Waals surface area (Å²) in [6, 6.07) is 8.75. The zero-order valence-electron chi connectivity index (χ0n) is 28.8. The van der Waals surface area contributed by atoms with Crippen molar-refractivity contribution in [3.8, 4) is 0 Å². The van der Waals surface area contributed by atoms with Gasteiger partial charge in [0.15, 0.2) is 0 Å². The first-order valence-electron chi connectivity index (χ1n) is 17.8. The maximum absolute atomic E-state index is 13.9. The maximum atomic E-state index is 13.9. The van der Waals surface area contributed by atoms with Crippen LogP contribution in [-0.4, -0.2) is 25.1 Å². The average molecular weight is 731 g/mol. The summed E-state index contributed by atoms with van der Waals surface area (Å²) in [5.41, 5.74) is 7.28. The van der Waals surface area contributed by atoms with Crippen molar-refractivity contribution < 1.29 is 47.9 Å². The fourth-order valence-electron chi connectivity index (χ4n) is 6.04. The normalized spacial score (nSPS) is 11.6. The minimum absolute atomic E-state index is 0.125. The van der Waals surface area contributed by atoms with Gasteiger partial charge in [0.05, 0.1) is 14.7 Å². The Morgan fingerprint density at radius 2 is 0.872 bits per heavy atom. The molecule has 11 heteroatoms. The molecule has 4 N–H and O–H groups in total. The number of rotatable bonds is 25. The van der Waals surface area contributed by atoms with Crippen LogP contribution < -0.4 is 5.73 Å². The summed E-state index contributed by atoms with van der Waals surface area (Å²) in [7, 11) is -8.43. The van der Waals surface area contributed by atoms with Gasteiger partial charge in [-0.25, -0.2) is 8.42 Å². The number of anilines is 1. The molecule has 8 nitrogen and oxygen atoms in total. The molecule has 0 saturated carbocycles. The zero-order chi connectivity index (χ0) is 35.0. The molecule has 0 spiro atoms. The van der Waals surface area contributed by atoms with Gasteiger partial charge in [0.25, 0.3) is 10.1 Å². The molecule has 0 bridgehead atoms. The summed E-state index contributed by atoms with van der Waals surface area (Å²) in [6.07, 6.45) is 23.9. The summed E-state index contributed by atoms with van der Waals surface area (Å²) in [6.45, 7) is 4.44. The van der Waals surface area contributed by atoms with Crippen LogP contribution in [0, 0.1) is 0 Å². The van der Waals surface area contributed by atoms with Crippen LogP contribution in [0.5, 0.6) is 0 Å². The molecule has 0 saturated heterocycles. The fourth-order valence-corrected chi connectivity index (χ4v) is 8.37. The Hall–Kier alpha value is -1.43. The molecule has 47 heavy (non-hydrogen) atoms. The molecule has 0 fully saturated rings. The number of benzene rings is 2. The molecular weight excluding hydrogens is 670 g/mol. The van der Waals surface area contributed by atoms with Crippen molar-refractivity contribution in [1.82, 2.24) is 0 Å². The van der Waals surface area contributed by atoms with E-state index in [1.165, 1.54) is 101 Å². The zero-order valence-corrected chi connectivity index (χ0v) is 32.0. The summed E-state index contributed by atoms with van der Waals surface area (Å²) in [4.78, 5) is 0.0972. The van der Waals surface area contributed by atoms with Crippen molar-refractivity contribution in [3.05, 3.63) is 47.5 Å². The van der Waals surface area contributed by atoms with E-state index < -0.39 is 39.5 Å². The van der Waals surface area contributed by atoms with Crippen molar-refractivity contribution >= 4 is 25.6 Å². The van der Waals surface area contributed by atoms with E-state index >= 15 is 0 Å².